The fourth-order valence-electron chi connectivity index (χ4n) is 1.71. The second kappa shape index (κ2) is 6.69. The van der Waals surface area contributed by atoms with Crippen molar-refractivity contribution >= 4 is 39.9 Å². The van der Waals surface area contributed by atoms with Crippen LogP contribution in [-0.2, 0) is 4.79 Å². The maximum atomic E-state index is 12.2. The first kappa shape index (κ1) is 15.5. The van der Waals surface area contributed by atoms with Gasteiger partial charge >= 0.3 is 0 Å². The van der Waals surface area contributed by atoms with Gasteiger partial charge in [0.25, 0.3) is 11.8 Å². The molecule has 110 valence electrons. The van der Waals surface area contributed by atoms with Crippen LogP contribution in [-0.4, -0.2) is 29.9 Å². The lowest BCUT2D eigenvalue weighted by Crippen LogP contribution is -2.45. The summed E-state index contributed by atoms with van der Waals surface area (Å²) in [7, 11) is 1.63. The molecule has 2 amide bonds. The number of halogens is 1. The normalized spacial score (nSPS) is 11.8. The van der Waals surface area contributed by atoms with E-state index in [1.54, 1.807) is 49.8 Å². The minimum atomic E-state index is -0.651. The van der Waals surface area contributed by atoms with Crippen molar-refractivity contribution in [3.63, 3.8) is 0 Å². The zero-order valence-corrected chi connectivity index (χ0v) is 13.1. The molecule has 0 saturated carbocycles. The summed E-state index contributed by atoms with van der Waals surface area (Å²) in [6.45, 7) is 1.64. The Balaban J connectivity index is 2.00. The van der Waals surface area contributed by atoms with E-state index >= 15 is 0 Å². The van der Waals surface area contributed by atoms with Gasteiger partial charge in [0.05, 0.1) is 0 Å². The van der Waals surface area contributed by atoms with Crippen molar-refractivity contribution < 1.29 is 9.59 Å². The van der Waals surface area contributed by atoms with Gasteiger partial charge in [0.1, 0.15) is 6.04 Å². The highest BCUT2D eigenvalue weighted by molar-refractivity contribution is 7.13. The average Bonchev–Trinajstić information content (AvgIpc) is 3.00. The Labute approximate surface area is 131 Å². The average molecular weight is 324 g/mol. The molecule has 0 saturated heterocycles. The number of hydrogen-bond donors (Lipinski definition) is 1. The number of rotatable bonds is 4. The Morgan fingerprint density at radius 2 is 2.00 bits per heavy atom. The molecule has 2 aromatic rings. The van der Waals surface area contributed by atoms with Gasteiger partial charge in [-0.1, -0.05) is 11.6 Å². The van der Waals surface area contributed by atoms with E-state index in [4.69, 9.17) is 11.6 Å². The molecule has 1 aromatic carbocycles. The Morgan fingerprint density at radius 3 is 2.57 bits per heavy atom. The third kappa shape index (κ3) is 3.80. The van der Waals surface area contributed by atoms with Crippen molar-refractivity contribution in [3.05, 3.63) is 46.4 Å². The first-order chi connectivity index (χ1) is 9.99. The topological polar surface area (TPSA) is 62.3 Å². The van der Waals surface area contributed by atoms with Crippen molar-refractivity contribution in [2.24, 2.45) is 0 Å². The minimum Gasteiger partial charge on any atom is -0.341 e. The van der Waals surface area contributed by atoms with Crippen LogP contribution in [0.1, 0.15) is 17.3 Å². The van der Waals surface area contributed by atoms with Crippen molar-refractivity contribution in [3.8, 4) is 0 Å². The van der Waals surface area contributed by atoms with Gasteiger partial charge in [-0.05, 0) is 31.2 Å². The molecule has 0 bridgehead atoms. The molecule has 0 spiro atoms. The van der Waals surface area contributed by atoms with Gasteiger partial charge in [-0.25, -0.2) is 4.98 Å². The molecular formula is C14H14ClN3O2S. The number of amides is 2. The van der Waals surface area contributed by atoms with E-state index in [9.17, 15) is 9.59 Å². The molecule has 0 fully saturated rings. The molecule has 2 rings (SSSR count). The largest absolute Gasteiger partial charge is 0.341 e. The van der Waals surface area contributed by atoms with Gasteiger partial charge in [0, 0.05) is 29.2 Å². The fraction of sp³-hybridized carbons (Fsp3) is 0.214. The summed E-state index contributed by atoms with van der Waals surface area (Å²) < 4.78 is 0. The molecule has 0 aliphatic rings. The second-order valence-corrected chi connectivity index (χ2v) is 5.72. The zero-order chi connectivity index (χ0) is 15.4. The van der Waals surface area contributed by atoms with E-state index in [-0.39, 0.29) is 11.8 Å². The molecule has 1 unspecified atom stereocenters. The lowest BCUT2D eigenvalue weighted by atomic mass is 10.2. The van der Waals surface area contributed by atoms with E-state index in [1.807, 2.05) is 0 Å². The second-order valence-electron chi connectivity index (χ2n) is 4.41. The lowest BCUT2D eigenvalue weighted by molar-refractivity contribution is -0.119. The fourth-order valence-corrected chi connectivity index (χ4v) is 2.45. The summed E-state index contributed by atoms with van der Waals surface area (Å²) in [6.07, 6.45) is 1.63. The van der Waals surface area contributed by atoms with Gasteiger partial charge in [-0.2, -0.15) is 0 Å². The third-order valence-electron chi connectivity index (χ3n) is 2.86. The molecular weight excluding hydrogens is 310 g/mol. The van der Waals surface area contributed by atoms with E-state index in [0.717, 1.165) is 0 Å². The monoisotopic (exact) mass is 323 g/mol. The SMILES string of the molecule is CC(NC(=O)c1ccc(Cl)cc1)C(=O)N(C)c1nccs1. The quantitative estimate of drug-likeness (QED) is 0.940. The Hall–Kier alpha value is -1.92. The maximum absolute atomic E-state index is 12.2. The number of nitrogens with one attached hydrogen (secondary N) is 1. The summed E-state index contributed by atoms with van der Waals surface area (Å²) >= 11 is 7.13. The summed E-state index contributed by atoms with van der Waals surface area (Å²) in [6, 6.07) is 5.83. The van der Waals surface area contributed by atoms with Crippen LogP contribution in [0.2, 0.25) is 5.02 Å². The number of carbonyl (C=O) groups is 2. The van der Waals surface area contributed by atoms with Gasteiger partial charge in [-0.3, -0.25) is 14.5 Å². The van der Waals surface area contributed by atoms with Crippen LogP contribution in [0.15, 0.2) is 35.8 Å². The summed E-state index contributed by atoms with van der Waals surface area (Å²) in [5.74, 6) is -0.549. The molecule has 0 radical (unpaired) electrons. The first-order valence-electron chi connectivity index (χ1n) is 6.22. The maximum Gasteiger partial charge on any atom is 0.251 e. The van der Waals surface area contributed by atoms with Gasteiger partial charge in [0.2, 0.25) is 0 Å². The van der Waals surface area contributed by atoms with Crippen LogP contribution >= 0.6 is 22.9 Å². The van der Waals surface area contributed by atoms with Crippen molar-refractivity contribution in [1.29, 1.82) is 0 Å². The summed E-state index contributed by atoms with van der Waals surface area (Å²) in [5.41, 5.74) is 0.455. The number of aromatic nitrogens is 1. The van der Waals surface area contributed by atoms with Crippen LogP contribution in [0, 0.1) is 0 Å². The molecule has 0 aliphatic heterocycles. The Morgan fingerprint density at radius 1 is 1.33 bits per heavy atom. The molecule has 1 aromatic heterocycles. The highest BCUT2D eigenvalue weighted by Gasteiger charge is 2.22. The van der Waals surface area contributed by atoms with Crippen LogP contribution in [0.25, 0.3) is 0 Å². The lowest BCUT2D eigenvalue weighted by Gasteiger charge is -2.19. The van der Waals surface area contributed by atoms with Gasteiger partial charge < -0.3 is 5.32 Å². The number of benzene rings is 1. The number of anilines is 1. The molecule has 1 N–H and O–H groups in total. The minimum absolute atomic E-state index is 0.229. The molecule has 1 atom stereocenters. The van der Waals surface area contributed by atoms with E-state index in [1.165, 1.54) is 16.2 Å². The Kier molecular flexibility index (Phi) is 4.93. The van der Waals surface area contributed by atoms with Crippen LogP contribution in [0.3, 0.4) is 0 Å². The standard InChI is InChI=1S/C14H14ClN3O2S/c1-9(13(20)18(2)14-16-7-8-21-14)17-12(19)10-3-5-11(15)6-4-10/h3-9H,1-2H3,(H,17,19). The van der Waals surface area contributed by atoms with E-state index in [2.05, 4.69) is 10.3 Å². The molecule has 5 nitrogen and oxygen atoms in total. The van der Waals surface area contributed by atoms with Gasteiger partial charge in [0.15, 0.2) is 5.13 Å². The number of hydrogen-bond acceptors (Lipinski definition) is 4. The van der Waals surface area contributed by atoms with E-state index < -0.39 is 6.04 Å². The smallest absolute Gasteiger partial charge is 0.251 e. The number of likely N-dealkylation sites (N-methyl/N-ethyl adjacent to an activating group) is 1. The number of carbonyl (C=O) groups excluding carboxylic acids is 2. The zero-order valence-electron chi connectivity index (χ0n) is 11.5. The van der Waals surface area contributed by atoms with Crippen molar-refractivity contribution in [2.45, 2.75) is 13.0 Å². The van der Waals surface area contributed by atoms with Gasteiger partial charge in [-0.15, -0.1) is 11.3 Å². The van der Waals surface area contributed by atoms with Crippen molar-refractivity contribution in [2.75, 3.05) is 11.9 Å². The van der Waals surface area contributed by atoms with E-state index in [0.29, 0.717) is 15.7 Å². The number of thiazole rings is 1. The Bertz CT molecular complexity index is 628. The van der Waals surface area contributed by atoms with Crippen LogP contribution < -0.4 is 10.2 Å². The molecule has 21 heavy (non-hydrogen) atoms. The van der Waals surface area contributed by atoms with Crippen molar-refractivity contribution in [1.82, 2.24) is 10.3 Å². The number of nitrogens with zero attached hydrogens (tertiary/aromatic N) is 2. The molecule has 1 heterocycles. The molecule has 7 heteroatoms. The highest BCUT2D eigenvalue weighted by Crippen LogP contribution is 2.16. The summed E-state index contributed by atoms with van der Waals surface area (Å²) in [5, 5.41) is 5.59. The first-order valence-corrected chi connectivity index (χ1v) is 7.48. The van der Waals surface area contributed by atoms with Crippen LogP contribution in [0.4, 0.5) is 5.13 Å². The predicted octanol–water partition coefficient (Wildman–Crippen LogP) is 2.58. The van der Waals surface area contributed by atoms with Crippen LogP contribution in [0.5, 0.6) is 0 Å². The predicted molar refractivity (Wildman–Crippen MR) is 83.9 cm³/mol. The molecule has 0 aliphatic carbocycles. The highest BCUT2D eigenvalue weighted by atomic mass is 35.5. The summed E-state index contributed by atoms with van der Waals surface area (Å²) in [4.78, 5) is 29.8. The third-order valence-corrected chi connectivity index (χ3v) is 3.96.